The van der Waals surface area contributed by atoms with Crippen LogP contribution in [0.2, 0.25) is 0 Å². The number of hydrogen-bond acceptors (Lipinski definition) is 4. The molecule has 6 rings (SSSR count). The highest BCUT2D eigenvalue weighted by molar-refractivity contribution is 5.87. The summed E-state index contributed by atoms with van der Waals surface area (Å²) in [5, 5.41) is 14.9. The normalized spacial score (nSPS) is 27.9. The fourth-order valence-electron chi connectivity index (χ4n) is 7.10. The Labute approximate surface area is 204 Å². The lowest BCUT2D eigenvalue weighted by molar-refractivity contribution is -0.137. The maximum Gasteiger partial charge on any atom is 0.407 e. The van der Waals surface area contributed by atoms with Crippen LogP contribution in [0.25, 0.3) is 11.1 Å². The van der Waals surface area contributed by atoms with Crippen LogP contribution in [0.1, 0.15) is 49.1 Å². The van der Waals surface area contributed by atoms with E-state index in [4.69, 9.17) is 9.84 Å². The number of carbonyl (C=O) groups excluding carboxylic acids is 2. The van der Waals surface area contributed by atoms with Gasteiger partial charge in [-0.25, -0.2) is 4.79 Å². The summed E-state index contributed by atoms with van der Waals surface area (Å²) in [6.07, 6.45) is 2.90. The molecule has 2 aromatic carbocycles. The zero-order valence-electron chi connectivity index (χ0n) is 19.5. The number of fused-ring (bicyclic) bond motifs is 8. The van der Waals surface area contributed by atoms with Crippen LogP contribution in [0.5, 0.6) is 0 Å². The third-order valence-corrected chi connectivity index (χ3v) is 8.64. The summed E-state index contributed by atoms with van der Waals surface area (Å²) in [4.78, 5) is 36.9. The van der Waals surface area contributed by atoms with Gasteiger partial charge >= 0.3 is 12.1 Å². The smallest absolute Gasteiger partial charge is 0.407 e. The minimum atomic E-state index is -1.00. The Bertz CT molecular complexity index is 1120. The minimum absolute atomic E-state index is 0.0280. The fourth-order valence-corrected chi connectivity index (χ4v) is 7.10. The number of benzene rings is 2. The Balaban J connectivity index is 1.09. The lowest BCUT2D eigenvalue weighted by atomic mass is 9.98. The van der Waals surface area contributed by atoms with Crippen LogP contribution < -0.4 is 10.6 Å². The van der Waals surface area contributed by atoms with Crippen molar-refractivity contribution in [3.8, 4) is 11.1 Å². The van der Waals surface area contributed by atoms with Gasteiger partial charge in [0.1, 0.15) is 12.6 Å². The second-order valence-corrected chi connectivity index (χ2v) is 10.5. The number of ether oxygens (including phenoxy) is 1. The van der Waals surface area contributed by atoms with Crippen molar-refractivity contribution in [1.82, 2.24) is 10.6 Å². The molecule has 3 N–H and O–H groups in total. The van der Waals surface area contributed by atoms with E-state index in [2.05, 4.69) is 22.8 Å². The Morgan fingerprint density at radius 2 is 1.54 bits per heavy atom. The molecule has 2 bridgehead atoms. The summed E-state index contributed by atoms with van der Waals surface area (Å²) in [6.45, 7) is 0.142. The van der Waals surface area contributed by atoms with Gasteiger partial charge in [0.15, 0.2) is 0 Å². The van der Waals surface area contributed by atoms with Gasteiger partial charge in [-0.3, -0.25) is 9.59 Å². The number of carboxylic acids is 1. The monoisotopic (exact) mass is 474 g/mol. The summed E-state index contributed by atoms with van der Waals surface area (Å²) in [6, 6.07) is 15.4. The maximum absolute atomic E-state index is 13.0. The molecule has 0 radical (unpaired) electrons. The van der Waals surface area contributed by atoms with Gasteiger partial charge in [-0.2, -0.15) is 0 Å². The molecule has 0 heterocycles. The van der Waals surface area contributed by atoms with Gasteiger partial charge in [0.25, 0.3) is 0 Å². The third-order valence-electron chi connectivity index (χ3n) is 8.64. The van der Waals surface area contributed by atoms with Crippen molar-refractivity contribution in [3.05, 3.63) is 59.7 Å². The number of aliphatic carboxylic acids is 1. The molecule has 0 saturated heterocycles. The molecular formula is C28H30N2O5. The van der Waals surface area contributed by atoms with Crippen LogP contribution in [-0.4, -0.2) is 41.8 Å². The van der Waals surface area contributed by atoms with Gasteiger partial charge in [-0.15, -0.1) is 0 Å². The molecule has 0 spiro atoms. The number of nitrogens with one attached hydrogen (secondary N) is 2. The van der Waals surface area contributed by atoms with Gasteiger partial charge in [0, 0.05) is 18.4 Å². The second kappa shape index (κ2) is 8.70. The average Bonchev–Trinajstić information content (AvgIpc) is 3.15. The molecular weight excluding hydrogens is 444 g/mol. The lowest BCUT2D eigenvalue weighted by Gasteiger charge is -2.20. The summed E-state index contributed by atoms with van der Waals surface area (Å²) < 4.78 is 5.59. The van der Waals surface area contributed by atoms with E-state index >= 15 is 0 Å². The molecule has 5 atom stereocenters. The topological polar surface area (TPSA) is 105 Å². The number of alkyl carbamates (subject to hydrolysis) is 1. The Kier molecular flexibility index (Phi) is 5.50. The largest absolute Gasteiger partial charge is 0.481 e. The number of carboxylic acid groups (broad SMARTS) is 1. The SMILES string of the molecule is O=C(O)CCC(NC(=O)OCC1c2ccccc2-c2ccccc21)C(=O)NC1C2C3CCC(C3)C12. The van der Waals surface area contributed by atoms with E-state index in [1.54, 1.807) is 0 Å². The molecule has 182 valence electrons. The van der Waals surface area contributed by atoms with Crippen molar-refractivity contribution in [1.29, 1.82) is 0 Å². The van der Waals surface area contributed by atoms with Crippen molar-refractivity contribution in [2.75, 3.05) is 6.61 Å². The predicted octanol–water partition coefficient (Wildman–Crippen LogP) is 3.92. The first kappa shape index (κ1) is 22.1. The van der Waals surface area contributed by atoms with Gasteiger partial charge in [0.05, 0.1) is 0 Å². The van der Waals surface area contributed by atoms with Crippen LogP contribution >= 0.6 is 0 Å². The van der Waals surface area contributed by atoms with E-state index in [0.717, 1.165) is 22.3 Å². The molecule has 2 aromatic rings. The predicted molar refractivity (Wildman–Crippen MR) is 129 cm³/mol. The molecule has 7 nitrogen and oxygen atoms in total. The molecule has 7 heteroatoms. The Morgan fingerprint density at radius 1 is 0.943 bits per heavy atom. The molecule has 0 aromatic heterocycles. The van der Waals surface area contributed by atoms with E-state index < -0.39 is 18.1 Å². The van der Waals surface area contributed by atoms with Crippen molar-refractivity contribution in [2.45, 2.75) is 50.1 Å². The van der Waals surface area contributed by atoms with E-state index in [0.29, 0.717) is 23.7 Å². The first-order valence-corrected chi connectivity index (χ1v) is 12.6. The molecule has 0 aliphatic heterocycles. The fraction of sp³-hybridized carbons (Fsp3) is 0.464. The number of carbonyl (C=O) groups is 3. The van der Waals surface area contributed by atoms with Gasteiger partial charge in [0.2, 0.25) is 5.91 Å². The molecule has 5 unspecified atom stereocenters. The molecule has 3 fully saturated rings. The molecule has 3 saturated carbocycles. The van der Waals surface area contributed by atoms with Crippen LogP contribution in [0.15, 0.2) is 48.5 Å². The number of rotatable bonds is 8. The van der Waals surface area contributed by atoms with E-state index in [1.807, 2.05) is 36.4 Å². The van der Waals surface area contributed by atoms with Gasteiger partial charge in [-0.05, 0) is 71.6 Å². The minimum Gasteiger partial charge on any atom is -0.481 e. The molecule has 35 heavy (non-hydrogen) atoms. The second-order valence-electron chi connectivity index (χ2n) is 10.5. The average molecular weight is 475 g/mol. The summed E-state index contributed by atoms with van der Waals surface area (Å²) in [7, 11) is 0. The first-order valence-electron chi connectivity index (χ1n) is 12.6. The van der Waals surface area contributed by atoms with Crippen molar-refractivity contribution < 1.29 is 24.2 Å². The summed E-state index contributed by atoms with van der Waals surface area (Å²) in [5.74, 6) is 1.16. The zero-order valence-corrected chi connectivity index (χ0v) is 19.5. The zero-order chi connectivity index (χ0) is 24.1. The van der Waals surface area contributed by atoms with Gasteiger partial charge < -0.3 is 20.5 Å². The summed E-state index contributed by atoms with van der Waals surface area (Å²) >= 11 is 0. The number of hydrogen-bond donors (Lipinski definition) is 3. The van der Waals surface area contributed by atoms with E-state index in [-0.39, 0.29) is 37.3 Å². The lowest BCUT2D eigenvalue weighted by Crippen LogP contribution is -2.48. The van der Waals surface area contributed by atoms with E-state index in [1.165, 1.54) is 19.3 Å². The highest BCUT2D eigenvalue weighted by Gasteiger charge is 2.65. The molecule has 4 aliphatic rings. The van der Waals surface area contributed by atoms with Crippen molar-refractivity contribution >= 4 is 18.0 Å². The number of amides is 2. The highest BCUT2D eigenvalue weighted by Crippen LogP contribution is 2.65. The summed E-state index contributed by atoms with van der Waals surface area (Å²) in [5.41, 5.74) is 4.49. The van der Waals surface area contributed by atoms with Crippen LogP contribution in [0, 0.1) is 23.7 Å². The maximum atomic E-state index is 13.0. The van der Waals surface area contributed by atoms with Gasteiger partial charge in [-0.1, -0.05) is 48.5 Å². The quantitative estimate of drug-likeness (QED) is 0.538. The van der Waals surface area contributed by atoms with Crippen LogP contribution in [0.4, 0.5) is 4.79 Å². The van der Waals surface area contributed by atoms with Crippen LogP contribution in [-0.2, 0) is 14.3 Å². The Hall–Kier alpha value is -3.35. The standard InChI is InChI=1S/C28H30N2O5/c31-23(32)12-11-22(27(33)30-26-24-15-9-10-16(13-15)25(24)26)29-28(34)35-14-21-19-7-3-1-5-17(19)18-6-2-4-8-20(18)21/h1-8,15-16,21-22,24-26H,9-14H2,(H,29,34)(H,30,33)(H,31,32). The molecule has 4 aliphatic carbocycles. The van der Waals surface area contributed by atoms with Crippen LogP contribution in [0.3, 0.4) is 0 Å². The third kappa shape index (κ3) is 3.97. The van der Waals surface area contributed by atoms with E-state index in [9.17, 15) is 14.4 Å². The first-order chi connectivity index (χ1) is 17.0. The Morgan fingerprint density at radius 3 is 2.14 bits per heavy atom. The van der Waals surface area contributed by atoms with Crippen molar-refractivity contribution in [3.63, 3.8) is 0 Å². The van der Waals surface area contributed by atoms with Crippen molar-refractivity contribution in [2.24, 2.45) is 23.7 Å². The molecule has 2 amide bonds. The highest BCUT2D eigenvalue weighted by atomic mass is 16.5.